The van der Waals surface area contributed by atoms with Gasteiger partial charge in [0, 0.05) is 26.7 Å². The van der Waals surface area contributed by atoms with Crippen molar-refractivity contribution in [2.45, 2.75) is 11.0 Å². The molecule has 1 aliphatic rings. The van der Waals surface area contributed by atoms with E-state index < -0.39 is 22.0 Å². The minimum Gasteiger partial charge on any atom is -0.477 e. The number of carbonyl (C=O) groups is 2. The molecule has 1 N–H and O–H groups in total. The van der Waals surface area contributed by atoms with Gasteiger partial charge in [-0.05, 0) is 30.3 Å². The normalized spacial score (nSPS) is 16.3. The quantitative estimate of drug-likeness (QED) is 0.825. The van der Waals surface area contributed by atoms with Crippen molar-refractivity contribution in [1.29, 1.82) is 0 Å². The zero-order valence-corrected chi connectivity index (χ0v) is 16.6. The number of likely N-dealkylation sites (N-methyl/N-ethyl adjacent to an activating group) is 1. The van der Waals surface area contributed by atoms with Gasteiger partial charge in [-0.15, -0.1) is 0 Å². The molecule has 0 aliphatic carbocycles. The number of anilines is 1. The van der Waals surface area contributed by atoms with E-state index in [4.69, 9.17) is 4.74 Å². The summed E-state index contributed by atoms with van der Waals surface area (Å²) in [6.07, 6.45) is -0.863. The fourth-order valence-corrected chi connectivity index (χ4v) is 3.83. The first-order valence-corrected chi connectivity index (χ1v) is 10.0. The molecule has 2 amide bonds. The molecule has 0 fully saturated rings. The number of amides is 2. The number of sulfonamides is 1. The van der Waals surface area contributed by atoms with Gasteiger partial charge in [0.15, 0.2) is 6.10 Å². The predicted octanol–water partition coefficient (Wildman–Crippen LogP) is 1.09. The van der Waals surface area contributed by atoms with Crippen molar-refractivity contribution in [2.75, 3.05) is 32.6 Å². The SMILES string of the molecule is CNC(=O)[C@@H]1CN(C(=O)c2cccc(S(=O)(=O)N(C)C)c2)c2ccccc2O1. The van der Waals surface area contributed by atoms with Crippen LogP contribution in [0.2, 0.25) is 0 Å². The van der Waals surface area contributed by atoms with E-state index in [9.17, 15) is 18.0 Å². The second-order valence-corrected chi connectivity index (χ2v) is 8.57. The lowest BCUT2D eigenvalue weighted by molar-refractivity contribution is -0.127. The molecule has 1 heterocycles. The molecule has 0 saturated heterocycles. The molecule has 9 heteroatoms. The summed E-state index contributed by atoms with van der Waals surface area (Å²) in [5.41, 5.74) is 0.726. The second kappa shape index (κ2) is 7.61. The van der Waals surface area contributed by atoms with Crippen molar-refractivity contribution < 1.29 is 22.7 Å². The molecule has 8 nitrogen and oxygen atoms in total. The van der Waals surface area contributed by atoms with E-state index >= 15 is 0 Å². The Balaban J connectivity index is 2.01. The Hall–Kier alpha value is -2.91. The van der Waals surface area contributed by atoms with E-state index in [1.807, 2.05) is 0 Å². The molecule has 0 aromatic heterocycles. The highest BCUT2D eigenvalue weighted by atomic mass is 32.2. The second-order valence-electron chi connectivity index (χ2n) is 6.42. The van der Waals surface area contributed by atoms with Gasteiger partial charge in [-0.1, -0.05) is 18.2 Å². The number of fused-ring (bicyclic) bond motifs is 1. The number of nitrogens with one attached hydrogen (secondary N) is 1. The minimum absolute atomic E-state index is 0.0141. The number of benzene rings is 2. The van der Waals surface area contributed by atoms with E-state index in [1.165, 1.54) is 44.2 Å². The molecule has 2 aromatic carbocycles. The maximum absolute atomic E-state index is 13.2. The summed E-state index contributed by atoms with van der Waals surface area (Å²) in [6, 6.07) is 12.7. The lowest BCUT2D eigenvalue weighted by Crippen LogP contribution is -2.50. The fraction of sp³-hybridized carbons (Fsp3) is 0.263. The topological polar surface area (TPSA) is 96.0 Å². The van der Waals surface area contributed by atoms with Crippen LogP contribution in [0, 0.1) is 0 Å². The smallest absolute Gasteiger partial charge is 0.262 e. The van der Waals surface area contributed by atoms with Crippen LogP contribution in [0.15, 0.2) is 53.4 Å². The maximum atomic E-state index is 13.2. The summed E-state index contributed by atoms with van der Waals surface area (Å²) in [7, 11) is 0.669. The van der Waals surface area contributed by atoms with Gasteiger partial charge >= 0.3 is 0 Å². The molecule has 148 valence electrons. The van der Waals surface area contributed by atoms with Crippen LogP contribution in [-0.2, 0) is 14.8 Å². The first-order chi connectivity index (χ1) is 13.3. The van der Waals surface area contributed by atoms with Gasteiger partial charge in [-0.2, -0.15) is 0 Å². The minimum atomic E-state index is -3.68. The molecule has 3 rings (SSSR count). The lowest BCUT2D eigenvalue weighted by atomic mass is 10.1. The molecule has 0 saturated carbocycles. The van der Waals surface area contributed by atoms with E-state index in [0.29, 0.717) is 11.4 Å². The van der Waals surface area contributed by atoms with Gasteiger partial charge in [0.05, 0.1) is 17.1 Å². The lowest BCUT2D eigenvalue weighted by Gasteiger charge is -2.34. The number of ether oxygens (including phenoxy) is 1. The molecule has 1 aliphatic heterocycles. The van der Waals surface area contributed by atoms with Gasteiger partial charge < -0.3 is 15.0 Å². The van der Waals surface area contributed by atoms with Crippen molar-refractivity contribution >= 4 is 27.5 Å². The van der Waals surface area contributed by atoms with Crippen molar-refractivity contribution in [3.05, 3.63) is 54.1 Å². The van der Waals surface area contributed by atoms with Crippen LogP contribution >= 0.6 is 0 Å². The van der Waals surface area contributed by atoms with Gasteiger partial charge in [-0.3, -0.25) is 9.59 Å². The van der Waals surface area contributed by atoms with Crippen molar-refractivity contribution in [2.24, 2.45) is 0 Å². The molecule has 28 heavy (non-hydrogen) atoms. The summed E-state index contributed by atoms with van der Waals surface area (Å²) in [6.45, 7) is 0.0141. The molecule has 0 bridgehead atoms. The van der Waals surface area contributed by atoms with Gasteiger partial charge in [-0.25, -0.2) is 12.7 Å². The zero-order chi connectivity index (χ0) is 20.5. The van der Waals surface area contributed by atoms with Crippen LogP contribution in [0.3, 0.4) is 0 Å². The number of para-hydroxylation sites is 2. The third-order valence-corrected chi connectivity index (χ3v) is 6.23. The molecule has 1 atom stereocenters. The summed E-state index contributed by atoms with van der Waals surface area (Å²) in [5.74, 6) is -0.357. The average Bonchev–Trinajstić information content (AvgIpc) is 2.71. The molecule has 0 spiro atoms. The molecule has 2 aromatic rings. The maximum Gasteiger partial charge on any atom is 0.262 e. The van der Waals surface area contributed by atoms with Crippen LogP contribution in [0.25, 0.3) is 0 Å². The van der Waals surface area contributed by atoms with E-state index in [0.717, 1.165) is 4.31 Å². The highest BCUT2D eigenvalue weighted by Crippen LogP contribution is 2.34. The number of nitrogens with zero attached hydrogens (tertiary/aromatic N) is 2. The summed E-state index contributed by atoms with van der Waals surface area (Å²) >= 11 is 0. The summed E-state index contributed by atoms with van der Waals surface area (Å²) in [4.78, 5) is 26.7. The summed E-state index contributed by atoms with van der Waals surface area (Å²) in [5, 5.41) is 2.52. The number of carbonyl (C=O) groups excluding carboxylic acids is 2. The highest BCUT2D eigenvalue weighted by Gasteiger charge is 2.34. The zero-order valence-electron chi connectivity index (χ0n) is 15.7. The van der Waals surface area contributed by atoms with Gasteiger partial charge in [0.25, 0.3) is 11.8 Å². The Kier molecular flexibility index (Phi) is 5.39. The molecule has 0 unspecified atom stereocenters. The Morgan fingerprint density at radius 1 is 1.14 bits per heavy atom. The largest absolute Gasteiger partial charge is 0.477 e. The van der Waals surface area contributed by atoms with E-state index in [2.05, 4.69) is 5.32 Å². The van der Waals surface area contributed by atoms with Crippen molar-refractivity contribution in [1.82, 2.24) is 9.62 Å². The van der Waals surface area contributed by atoms with Crippen LogP contribution in [0.4, 0.5) is 5.69 Å². The van der Waals surface area contributed by atoms with Crippen LogP contribution in [0.1, 0.15) is 10.4 Å². The van der Waals surface area contributed by atoms with Crippen LogP contribution in [0.5, 0.6) is 5.75 Å². The predicted molar refractivity (Wildman–Crippen MR) is 104 cm³/mol. The third kappa shape index (κ3) is 3.58. The number of hydrogen-bond donors (Lipinski definition) is 1. The molecular formula is C19H21N3O5S. The highest BCUT2D eigenvalue weighted by molar-refractivity contribution is 7.89. The Morgan fingerprint density at radius 2 is 1.86 bits per heavy atom. The standard InChI is InChI=1S/C19H21N3O5S/c1-20-18(23)17-12-22(15-9-4-5-10-16(15)27-17)19(24)13-7-6-8-14(11-13)28(25,26)21(2)3/h4-11,17H,12H2,1-3H3,(H,20,23)/t17-/m0/s1. The Bertz CT molecular complexity index is 1020. The van der Waals surface area contributed by atoms with Gasteiger partial charge in [0.1, 0.15) is 5.75 Å². The Labute approximate surface area is 163 Å². The fourth-order valence-electron chi connectivity index (χ4n) is 2.88. The first-order valence-electron chi connectivity index (χ1n) is 8.57. The Morgan fingerprint density at radius 3 is 2.54 bits per heavy atom. The van der Waals surface area contributed by atoms with E-state index in [-0.39, 0.29) is 22.9 Å². The van der Waals surface area contributed by atoms with Gasteiger partial charge in [0.2, 0.25) is 10.0 Å². The third-order valence-electron chi connectivity index (χ3n) is 4.42. The first kappa shape index (κ1) is 19.8. The molecule has 0 radical (unpaired) electrons. The average molecular weight is 403 g/mol. The van der Waals surface area contributed by atoms with Crippen LogP contribution in [-0.4, -0.2) is 58.3 Å². The number of hydrogen-bond acceptors (Lipinski definition) is 5. The monoisotopic (exact) mass is 403 g/mol. The van der Waals surface area contributed by atoms with Crippen molar-refractivity contribution in [3.8, 4) is 5.75 Å². The number of rotatable bonds is 4. The van der Waals surface area contributed by atoms with Crippen molar-refractivity contribution in [3.63, 3.8) is 0 Å². The summed E-state index contributed by atoms with van der Waals surface area (Å²) < 4.78 is 31.6. The van der Waals surface area contributed by atoms with E-state index in [1.54, 1.807) is 30.3 Å². The molecular weight excluding hydrogens is 382 g/mol. The van der Waals surface area contributed by atoms with Crippen LogP contribution < -0.4 is 15.0 Å².